The molecule has 0 radical (unpaired) electrons. The first kappa shape index (κ1) is 15.5. The molecule has 0 aliphatic rings. The summed E-state index contributed by atoms with van der Waals surface area (Å²) >= 11 is 4.88. The summed E-state index contributed by atoms with van der Waals surface area (Å²) in [7, 11) is -1.95. The van der Waals surface area contributed by atoms with Crippen molar-refractivity contribution in [2.45, 2.75) is 18.7 Å². The van der Waals surface area contributed by atoms with Crippen LogP contribution >= 0.6 is 12.2 Å². The molecule has 0 unspecified atom stereocenters. The maximum atomic E-state index is 12.5. The van der Waals surface area contributed by atoms with Gasteiger partial charge in [0, 0.05) is 18.8 Å². The Kier molecular flexibility index (Phi) is 4.02. The number of nitrogens with zero attached hydrogens (tertiary/aromatic N) is 2. The molecule has 0 saturated heterocycles. The van der Waals surface area contributed by atoms with Gasteiger partial charge in [0.25, 0.3) is 10.0 Å². The molecule has 1 heterocycles. The third kappa shape index (κ3) is 3.22. The summed E-state index contributed by atoms with van der Waals surface area (Å²) in [5.41, 5.74) is 7.82. The highest BCUT2D eigenvalue weighted by Gasteiger charge is 2.19. The topological polar surface area (TPSA) is 90.0 Å². The van der Waals surface area contributed by atoms with Crippen LogP contribution in [0.15, 0.2) is 29.3 Å². The van der Waals surface area contributed by atoms with Crippen LogP contribution in [0.2, 0.25) is 0 Å². The lowest BCUT2D eigenvalue weighted by molar-refractivity contribution is 0.600. The molecule has 2 rings (SSSR count). The molecule has 8 heteroatoms. The van der Waals surface area contributed by atoms with Gasteiger partial charge >= 0.3 is 0 Å². The Balaban J connectivity index is 2.40. The summed E-state index contributed by atoms with van der Waals surface area (Å²) in [5.74, 6) is 0. The highest BCUT2D eigenvalue weighted by molar-refractivity contribution is 7.92. The van der Waals surface area contributed by atoms with Crippen LogP contribution in [0.25, 0.3) is 0 Å². The number of rotatable bonds is 4. The number of thiocarbonyl (C=S) groups is 1. The first-order valence-electron chi connectivity index (χ1n) is 6.14. The Labute approximate surface area is 129 Å². The second-order valence-corrected chi connectivity index (χ2v) is 6.84. The molecule has 0 saturated carbocycles. The molecule has 0 aliphatic heterocycles. The van der Waals surface area contributed by atoms with Crippen LogP contribution in [0.1, 0.15) is 16.8 Å². The van der Waals surface area contributed by atoms with Crippen molar-refractivity contribution < 1.29 is 8.42 Å². The molecule has 0 aliphatic carbocycles. The summed E-state index contributed by atoms with van der Waals surface area (Å²) in [4.78, 5) is 0.420. The molecule has 0 amide bonds. The van der Waals surface area contributed by atoms with E-state index in [1.54, 1.807) is 43.9 Å². The minimum Gasteiger partial charge on any atom is -0.389 e. The fourth-order valence-corrected chi connectivity index (χ4v) is 3.46. The van der Waals surface area contributed by atoms with Gasteiger partial charge in [-0.15, -0.1) is 0 Å². The molecule has 0 bridgehead atoms. The van der Waals surface area contributed by atoms with Gasteiger partial charge in [-0.05, 0) is 31.5 Å². The predicted octanol–water partition coefficient (Wildman–Crippen LogP) is 1.47. The van der Waals surface area contributed by atoms with Crippen molar-refractivity contribution in [3.63, 3.8) is 0 Å². The minimum absolute atomic E-state index is 0.186. The average Bonchev–Trinajstić information content (AvgIpc) is 2.66. The molecule has 112 valence electrons. The lowest BCUT2D eigenvalue weighted by Gasteiger charge is -2.10. The van der Waals surface area contributed by atoms with Crippen molar-refractivity contribution in [2.24, 2.45) is 12.8 Å². The molecule has 2 aromatic rings. The number of nitrogens with two attached hydrogens (primary N) is 1. The van der Waals surface area contributed by atoms with E-state index in [0.29, 0.717) is 22.5 Å². The molecule has 1 aromatic carbocycles. The first-order valence-corrected chi connectivity index (χ1v) is 8.03. The van der Waals surface area contributed by atoms with Crippen LogP contribution in [0.3, 0.4) is 0 Å². The van der Waals surface area contributed by atoms with Crippen molar-refractivity contribution in [1.82, 2.24) is 9.78 Å². The van der Waals surface area contributed by atoms with E-state index in [1.807, 2.05) is 0 Å². The molecular weight excluding hydrogens is 308 g/mol. The molecule has 0 atom stereocenters. The quantitative estimate of drug-likeness (QED) is 0.831. The Bertz CT molecular complexity index is 810. The second kappa shape index (κ2) is 5.45. The first-order chi connectivity index (χ1) is 9.70. The molecule has 21 heavy (non-hydrogen) atoms. The van der Waals surface area contributed by atoms with E-state index in [9.17, 15) is 8.42 Å². The fourth-order valence-electron chi connectivity index (χ4n) is 2.00. The number of hydrogen-bond donors (Lipinski definition) is 2. The number of sulfonamides is 1. The van der Waals surface area contributed by atoms with Crippen LogP contribution < -0.4 is 10.5 Å². The Morgan fingerprint density at radius 3 is 2.52 bits per heavy atom. The van der Waals surface area contributed by atoms with Gasteiger partial charge in [-0.2, -0.15) is 5.10 Å². The monoisotopic (exact) mass is 324 g/mol. The molecule has 1 aromatic heterocycles. The molecule has 6 nitrogen and oxygen atoms in total. The molecular formula is C13H16N4O2S2. The third-order valence-corrected chi connectivity index (χ3v) is 4.77. The average molecular weight is 324 g/mol. The number of aromatic nitrogens is 2. The van der Waals surface area contributed by atoms with Gasteiger partial charge in [-0.25, -0.2) is 8.42 Å². The third-order valence-electron chi connectivity index (χ3n) is 3.01. The molecule has 0 spiro atoms. The van der Waals surface area contributed by atoms with Gasteiger partial charge in [-0.1, -0.05) is 18.3 Å². The standard InChI is InChI=1S/C13H16N4O2S2/c1-8-6-10(13(14)20)4-5-12(8)21(18,19)16-11-7-17(3)15-9(11)2/h4-7,16H,1-3H3,(H2,14,20). The van der Waals surface area contributed by atoms with Gasteiger partial charge in [0.1, 0.15) is 4.99 Å². The van der Waals surface area contributed by atoms with E-state index in [1.165, 1.54) is 6.07 Å². The fraction of sp³-hybridized carbons (Fsp3) is 0.231. The maximum Gasteiger partial charge on any atom is 0.262 e. The van der Waals surface area contributed by atoms with Gasteiger partial charge in [0.05, 0.1) is 16.3 Å². The zero-order chi connectivity index (χ0) is 15.8. The Morgan fingerprint density at radius 1 is 1.38 bits per heavy atom. The summed E-state index contributed by atoms with van der Waals surface area (Å²) in [6.07, 6.45) is 1.62. The van der Waals surface area contributed by atoms with Crippen LogP contribution in [-0.4, -0.2) is 23.2 Å². The molecule has 3 N–H and O–H groups in total. The van der Waals surface area contributed by atoms with Crippen molar-refractivity contribution in [2.75, 3.05) is 4.72 Å². The lowest BCUT2D eigenvalue weighted by Crippen LogP contribution is -2.16. The van der Waals surface area contributed by atoms with Crippen molar-refractivity contribution >= 4 is 32.9 Å². The zero-order valence-corrected chi connectivity index (χ0v) is 13.5. The summed E-state index contributed by atoms with van der Waals surface area (Å²) in [6, 6.07) is 4.75. The second-order valence-electron chi connectivity index (χ2n) is 4.75. The minimum atomic E-state index is -3.68. The number of benzene rings is 1. The van der Waals surface area contributed by atoms with Gasteiger partial charge in [-0.3, -0.25) is 9.40 Å². The van der Waals surface area contributed by atoms with Crippen molar-refractivity contribution in [3.8, 4) is 0 Å². The van der Waals surface area contributed by atoms with Crippen LogP contribution in [-0.2, 0) is 17.1 Å². The zero-order valence-electron chi connectivity index (χ0n) is 11.9. The van der Waals surface area contributed by atoms with E-state index in [-0.39, 0.29) is 9.88 Å². The summed E-state index contributed by atoms with van der Waals surface area (Å²) < 4.78 is 29.0. The largest absolute Gasteiger partial charge is 0.389 e. The number of aryl methyl sites for hydroxylation is 3. The summed E-state index contributed by atoms with van der Waals surface area (Å²) in [6.45, 7) is 3.44. The van der Waals surface area contributed by atoms with Crippen LogP contribution in [0.4, 0.5) is 5.69 Å². The van der Waals surface area contributed by atoms with Crippen LogP contribution in [0.5, 0.6) is 0 Å². The summed E-state index contributed by atoms with van der Waals surface area (Å²) in [5, 5.41) is 4.10. The van der Waals surface area contributed by atoms with E-state index in [0.717, 1.165) is 0 Å². The Hall–Kier alpha value is -1.93. The number of nitrogens with one attached hydrogen (secondary N) is 1. The van der Waals surface area contributed by atoms with Crippen molar-refractivity contribution in [1.29, 1.82) is 0 Å². The predicted molar refractivity (Wildman–Crippen MR) is 85.8 cm³/mol. The van der Waals surface area contributed by atoms with E-state index in [4.69, 9.17) is 18.0 Å². The van der Waals surface area contributed by atoms with Gasteiger partial charge in [0.15, 0.2) is 0 Å². The lowest BCUT2D eigenvalue weighted by atomic mass is 10.1. The van der Waals surface area contributed by atoms with Gasteiger partial charge in [0.2, 0.25) is 0 Å². The van der Waals surface area contributed by atoms with E-state index < -0.39 is 10.0 Å². The normalized spacial score (nSPS) is 11.4. The maximum absolute atomic E-state index is 12.5. The van der Waals surface area contributed by atoms with Crippen LogP contribution in [0, 0.1) is 13.8 Å². The Morgan fingerprint density at radius 2 is 2.05 bits per heavy atom. The SMILES string of the molecule is Cc1cc(C(N)=S)ccc1S(=O)(=O)Nc1cn(C)nc1C. The number of anilines is 1. The van der Waals surface area contributed by atoms with Gasteiger partial charge < -0.3 is 5.73 Å². The van der Waals surface area contributed by atoms with Crippen molar-refractivity contribution in [3.05, 3.63) is 41.2 Å². The van der Waals surface area contributed by atoms with E-state index >= 15 is 0 Å². The number of hydrogen-bond acceptors (Lipinski definition) is 4. The highest BCUT2D eigenvalue weighted by atomic mass is 32.2. The highest BCUT2D eigenvalue weighted by Crippen LogP contribution is 2.22. The smallest absolute Gasteiger partial charge is 0.262 e. The molecule has 0 fully saturated rings. The van der Waals surface area contributed by atoms with E-state index in [2.05, 4.69) is 9.82 Å².